The van der Waals surface area contributed by atoms with E-state index < -0.39 is 6.10 Å². The predicted molar refractivity (Wildman–Crippen MR) is 82.1 cm³/mol. The van der Waals surface area contributed by atoms with Crippen LogP contribution in [-0.4, -0.2) is 17.0 Å². The van der Waals surface area contributed by atoms with Gasteiger partial charge in [0.1, 0.15) is 11.6 Å². The fourth-order valence-corrected chi connectivity index (χ4v) is 1.89. The maximum atomic E-state index is 12.0. The first-order valence-corrected chi connectivity index (χ1v) is 7.06. The second kappa shape index (κ2) is 6.72. The minimum absolute atomic E-state index is 0.278. The number of aromatic nitrogens is 1. The van der Waals surface area contributed by atoms with Gasteiger partial charge in [0.25, 0.3) is 5.91 Å². The molecule has 0 radical (unpaired) electrons. The van der Waals surface area contributed by atoms with E-state index in [0.717, 1.165) is 4.47 Å². The third-order valence-electron chi connectivity index (χ3n) is 2.46. The lowest BCUT2D eigenvalue weighted by Gasteiger charge is -2.14. The zero-order valence-corrected chi connectivity index (χ0v) is 13.0. The lowest BCUT2D eigenvalue weighted by Crippen LogP contribution is -2.30. The standard InChI is InChI=1S/C14H12BrClN2O2/c1-9(20-12-4-2-3-11(16)7-12)14(19)18-13-6-5-10(15)8-17-13/h2-9H,1H3,(H,17,18,19). The van der Waals surface area contributed by atoms with Gasteiger partial charge in [-0.1, -0.05) is 17.7 Å². The molecule has 4 nitrogen and oxygen atoms in total. The zero-order valence-electron chi connectivity index (χ0n) is 10.6. The van der Waals surface area contributed by atoms with Gasteiger partial charge in [0, 0.05) is 15.7 Å². The maximum absolute atomic E-state index is 12.0. The van der Waals surface area contributed by atoms with Gasteiger partial charge in [-0.15, -0.1) is 0 Å². The highest BCUT2D eigenvalue weighted by Crippen LogP contribution is 2.18. The summed E-state index contributed by atoms with van der Waals surface area (Å²) in [6.45, 7) is 1.66. The van der Waals surface area contributed by atoms with Crippen LogP contribution >= 0.6 is 27.5 Å². The second-order valence-corrected chi connectivity index (χ2v) is 5.42. The Morgan fingerprint density at radius 3 is 2.85 bits per heavy atom. The molecule has 1 aromatic carbocycles. The summed E-state index contributed by atoms with van der Waals surface area (Å²) in [7, 11) is 0. The summed E-state index contributed by atoms with van der Waals surface area (Å²) in [5.74, 6) is 0.739. The molecule has 1 aromatic heterocycles. The highest BCUT2D eigenvalue weighted by atomic mass is 79.9. The Morgan fingerprint density at radius 1 is 1.40 bits per heavy atom. The number of hydrogen-bond acceptors (Lipinski definition) is 3. The summed E-state index contributed by atoms with van der Waals surface area (Å²) in [4.78, 5) is 16.0. The second-order valence-electron chi connectivity index (χ2n) is 4.07. The highest BCUT2D eigenvalue weighted by Gasteiger charge is 2.15. The fourth-order valence-electron chi connectivity index (χ4n) is 1.48. The van der Waals surface area contributed by atoms with Crippen LogP contribution < -0.4 is 10.1 Å². The van der Waals surface area contributed by atoms with Gasteiger partial charge in [-0.05, 0) is 53.2 Å². The molecule has 20 heavy (non-hydrogen) atoms. The first-order valence-electron chi connectivity index (χ1n) is 5.89. The van der Waals surface area contributed by atoms with Crippen LogP contribution in [0.5, 0.6) is 5.75 Å². The van der Waals surface area contributed by atoms with Crippen molar-refractivity contribution < 1.29 is 9.53 Å². The molecule has 1 N–H and O–H groups in total. The molecule has 0 aliphatic heterocycles. The quantitative estimate of drug-likeness (QED) is 0.905. The lowest BCUT2D eigenvalue weighted by molar-refractivity contribution is -0.122. The third-order valence-corrected chi connectivity index (χ3v) is 3.16. The number of nitrogens with zero attached hydrogens (tertiary/aromatic N) is 1. The van der Waals surface area contributed by atoms with Crippen LogP contribution in [0.15, 0.2) is 47.1 Å². The van der Waals surface area contributed by atoms with E-state index in [1.54, 1.807) is 49.5 Å². The van der Waals surface area contributed by atoms with Crippen LogP contribution in [0.3, 0.4) is 0 Å². The maximum Gasteiger partial charge on any atom is 0.266 e. The first-order chi connectivity index (χ1) is 9.54. The smallest absolute Gasteiger partial charge is 0.266 e. The zero-order chi connectivity index (χ0) is 14.5. The van der Waals surface area contributed by atoms with E-state index in [1.807, 2.05) is 0 Å². The summed E-state index contributed by atoms with van der Waals surface area (Å²) in [5.41, 5.74) is 0. The molecule has 0 aliphatic rings. The Kier molecular flexibility index (Phi) is 4.98. The van der Waals surface area contributed by atoms with E-state index in [-0.39, 0.29) is 5.91 Å². The fraction of sp³-hybridized carbons (Fsp3) is 0.143. The topological polar surface area (TPSA) is 51.2 Å². The summed E-state index contributed by atoms with van der Waals surface area (Å²) in [6.07, 6.45) is 0.955. The van der Waals surface area contributed by atoms with E-state index in [1.165, 1.54) is 0 Å². The number of amides is 1. The minimum Gasteiger partial charge on any atom is -0.481 e. The number of rotatable bonds is 4. The van der Waals surface area contributed by atoms with Gasteiger partial charge in [-0.25, -0.2) is 4.98 Å². The van der Waals surface area contributed by atoms with Crippen molar-refractivity contribution in [2.75, 3.05) is 5.32 Å². The number of anilines is 1. The van der Waals surface area contributed by atoms with E-state index in [9.17, 15) is 4.79 Å². The van der Waals surface area contributed by atoms with Gasteiger partial charge < -0.3 is 10.1 Å². The van der Waals surface area contributed by atoms with Crippen molar-refractivity contribution in [3.8, 4) is 5.75 Å². The summed E-state index contributed by atoms with van der Waals surface area (Å²) in [6, 6.07) is 10.4. The van der Waals surface area contributed by atoms with Gasteiger partial charge >= 0.3 is 0 Å². The number of hydrogen-bond donors (Lipinski definition) is 1. The number of carbonyl (C=O) groups is 1. The predicted octanol–water partition coefficient (Wildman–Crippen LogP) is 3.90. The molecule has 104 valence electrons. The van der Waals surface area contributed by atoms with E-state index in [4.69, 9.17) is 16.3 Å². The van der Waals surface area contributed by atoms with Crippen molar-refractivity contribution in [3.63, 3.8) is 0 Å². The Labute approximate surface area is 130 Å². The Bertz CT molecular complexity index is 604. The van der Waals surface area contributed by atoms with E-state index in [2.05, 4.69) is 26.2 Å². The Morgan fingerprint density at radius 2 is 2.20 bits per heavy atom. The normalized spacial score (nSPS) is 11.8. The monoisotopic (exact) mass is 354 g/mol. The number of halogens is 2. The van der Waals surface area contributed by atoms with Crippen LogP contribution in [-0.2, 0) is 4.79 Å². The molecule has 0 fully saturated rings. The first kappa shape index (κ1) is 14.8. The summed E-state index contributed by atoms with van der Waals surface area (Å²) < 4.78 is 6.37. The van der Waals surface area contributed by atoms with E-state index in [0.29, 0.717) is 16.6 Å². The molecule has 1 unspecified atom stereocenters. The summed E-state index contributed by atoms with van der Waals surface area (Å²) in [5, 5.41) is 3.23. The van der Waals surface area contributed by atoms with Crippen molar-refractivity contribution in [1.82, 2.24) is 4.98 Å². The average molecular weight is 356 g/mol. The molecular weight excluding hydrogens is 344 g/mol. The van der Waals surface area contributed by atoms with E-state index >= 15 is 0 Å². The van der Waals surface area contributed by atoms with Crippen molar-refractivity contribution in [2.45, 2.75) is 13.0 Å². The van der Waals surface area contributed by atoms with Gasteiger partial charge in [-0.3, -0.25) is 4.79 Å². The molecule has 0 spiro atoms. The van der Waals surface area contributed by atoms with Crippen molar-refractivity contribution in [1.29, 1.82) is 0 Å². The SMILES string of the molecule is CC(Oc1cccc(Cl)c1)C(=O)Nc1ccc(Br)cn1. The number of ether oxygens (including phenoxy) is 1. The van der Waals surface area contributed by atoms with Gasteiger partial charge in [-0.2, -0.15) is 0 Å². The Balaban J connectivity index is 1.96. The summed E-state index contributed by atoms with van der Waals surface area (Å²) >= 11 is 9.14. The number of pyridine rings is 1. The van der Waals surface area contributed by atoms with Gasteiger partial charge in [0.05, 0.1) is 0 Å². The third kappa shape index (κ3) is 4.21. The van der Waals surface area contributed by atoms with Crippen molar-refractivity contribution >= 4 is 39.3 Å². The van der Waals surface area contributed by atoms with Crippen LogP contribution in [0.1, 0.15) is 6.92 Å². The number of benzene rings is 1. The molecule has 0 saturated heterocycles. The highest BCUT2D eigenvalue weighted by molar-refractivity contribution is 9.10. The van der Waals surface area contributed by atoms with Crippen molar-refractivity contribution in [2.24, 2.45) is 0 Å². The van der Waals surface area contributed by atoms with Crippen LogP contribution in [0, 0.1) is 0 Å². The number of nitrogens with one attached hydrogen (secondary N) is 1. The number of carbonyl (C=O) groups excluding carboxylic acids is 1. The molecule has 2 rings (SSSR count). The molecule has 0 bridgehead atoms. The van der Waals surface area contributed by atoms with Gasteiger partial charge in [0.15, 0.2) is 6.10 Å². The minimum atomic E-state index is -0.654. The molecule has 1 amide bonds. The van der Waals surface area contributed by atoms with Crippen LogP contribution in [0.25, 0.3) is 0 Å². The molecule has 0 aliphatic carbocycles. The Hall–Kier alpha value is -1.59. The molecule has 1 atom stereocenters. The van der Waals surface area contributed by atoms with Crippen LogP contribution in [0.2, 0.25) is 5.02 Å². The van der Waals surface area contributed by atoms with Gasteiger partial charge in [0.2, 0.25) is 0 Å². The molecule has 2 aromatic rings. The molecule has 6 heteroatoms. The molecule has 1 heterocycles. The molecule has 0 saturated carbocycles. The average Bonchev–Trinajstić information content (AvgIpc) is 2.41. The van der Waals surface area contributed by atoms with Crippen LogP contribution in [0.4, 0.5) is 5.82 Å². The largest absolute Gasteiger partial charge is 0.481 e. The van der Waals surface area contributed by atoms with Crippen molar-refractivity contribution in [3.05, 3.63) is 52.1 Å². The molecular formula is C14H12BrClN2O2. The lowest BCUT2D eigenvalue weighted by atomic mass is 10.3.